The van der Waals surface area contributed by atoms with Gasteiger partial charge in [-0.2, -0.15) is 5.10 Å². The average Bonchev–Trinajstić information content (AvgIpc) is 3.10. The van der Waals surface area contributed by atoms with E-state index in [2.05, 4.69) is 26.0 Å². The Morgan fingerprint density at radius 1 is 1.19 bits per heavy atom. The Morgan fingerprint density at radius 3 is 2.69 bits per heavy atom. The first kappa shape index (κ1) is 21.1. The van der Waals surface area contributed by atoms with Gasteiger partial charge in [0.2, 0.25) is 5.92 Å². The third-order valence-electron chi connectivity index (χ3n) is 6.83. The summed E-state index contributed by atoms with van der Waals surface area (Å²) in [7, 11) is 1.96. The zero-order chi connectivity index (χ0) is 22.3. The predicted octanol–water partition coefficient (Wildman–Crippen LogP) is 4.17. The van der Waals surface area contributed by atoms with Crippen molar-refractivity contribution in [2.24, 2.45) is 13.0 Å². The first-order valence-corrected chi connectivity index (χ1v) is 11.3. The van der Waals surface area contributed by atoms with Crippen LogP contribution in [0.4, 0.5) is 8.78 Å². The second kappa shape index (κ2) is 8.31. The van der Waals surface area contributed by atoms with Crippen molar-refractivity contribution in [3.8, 4) is 11.1 Å². The molecule has 0 spiro atoms. The first-order valence-electron chi connectivity index (χ1n) is 11.3. The molecular formula is C24H27F2N5O. The molecule has 3 aromatic rings. The Morgan fingerprint density at radius 2 is 1.97 bits per heavy atom. The maximum absolute atomic E-state index is 13.4. The van der Waals surface area contributed by atoms with Crippen molar-refractivity contribution < 1.29 is 13.6 Å². The quantitative estimate of drug-likeness (QED) is 0.577. The van der Waals surface area contributed by atoms with Crippen molar-refractivity contribution in [3.05, 3.63) is 42.1 Å². The van der Waals surface area contributed by atoms with Gasteiger partial charge in [0.05, 0.1) is 23.8 Å². The summed E-state index contributed by atoms with van der Waals surface area (Å²) in [5.41, 5.74) is 4.06. The number of rotatable bonds is 6. The number of aromatic nitrogens is 4. The summed E-state index contributed by atoms with van der Waals surface area (Å²) in [4.78, 5) is 24.0. The summed E-state index contributed by atoms with van der Waals surface area (Å²) in [6, 6.07) is 6.05. The Kier molecular flexibility index (Phi) is 5.49. The molecule has 5 rings (SSSR count). The molecule has 0 bridgehead atoms. The van der Waals surface area contributed by atoms with E-state index in [0.717, 1.165) is 41.7 Å². The molecule has 0 atom stereocenters. The van der Waals surface area contributed by atoms with E-state index in [0.29, 0.717) is 5.82 Å². The van der Waals surface area contributed by atoms with Gasteiger partial charge in [0, 0.05) is 49.5 Å². The van der Waals surface area contributed by atoms with E-state index in [1.165, 1.54) is 12.1 Å². The highest BCUT2D eigenvalue weighted by Crippen LogP contribution is 2.36. The van der Waals surface area contributed by atoms with E-state index in [9.17, 15) is 13.6 Å². The van der Waals surface area contributed by atoms with Gasteiger partial charge in [0.15, 0.2) is 0 Å². The highest BCUT2D eigenvalue weighted by atomic mass is 19.3. The van der Waals surface area contributed by atoms with Gasteiger partial charge in [-0.25, -0.2) is 18.7 Å². The molecule has 1 aromatic carbocycles. The minimum atomic E-state index is -2.63. The van der Waals surface area contributed by atoms with Crippen molar-refractivity contribution in [1.29, 1.82) is 0 Å². The fourth-order valence-corrected chi connectivity index (χ4v) is 4.62. The number of aryl methyl sites for hydroxylation is 1. The molecule has 32 heavy (non-hydrogen) atoms. The van der Waals surface area contributed by atoms with Crippen LogP contribution in [-0.2, 0) is 24.8 Å². The Labute approximate surface area is 185 Å². The SMILES string of the molecule is Cn1ncc(-c2ccc3cnc(CC(=O)C4CCC(F)(F)CC4)nc3c2)c1CN1CCC1. The summed E-state index contributed by atoms with van der Waals surface area (Å²) in [6.45, 7) is 3.10. The number of benzene rings is 1. The standard InChI is InChI=1S/C24H27F2N5O/c1-30-21(15-31-9-2-10-31)19(14-28-30)17-3-4-18-13-27-23(29-20(18)11-17)12-22(32)16-5-7-24(25,26)8-6-16/h3-4,11,13-14,16H,2,5-10,12,15H2,1H3. The van der Waals surface area contributed by atoms with Crippen molar-refractivity contribution in [1.82, 2.24) is 24.6 Å². The monoisotopic (exact) mass is 439 g/mol. The molecule has 0 radical (unpaired) electrons. The van der Waals surface area contributed by atoms with E-state index in [4.69, 9.17) is 0 Å². The molecule has 0 amide bonds. The van der Waals surface area contributed by atoms with E-state index in [1.807, 2.05) is 30.1 Å². The fourth-order valence-electron chi connectivity index (χ4n) is 4.62. The smallest absolute Gasteiger partial charge is 0.248 e. The lowest BCUT2D eigenvalue weighted by Gasteiger charge is -2.30. The van der Waals surface area contributed by atoms with Crippen LogP contribution >= 0.6 is 0 Å². The number of carbonyl (C=O) groups excluding carboxylic acids is 1. The number of likely N-dealkylation sites (tertiary alicyclic amines) is 1. The third-order valence-corrected chi connectivity index (χ3v) is 6.83. The Balaban J connectivity index is 1.36. The number of hydrogen-bond donors (Lipinski definition) is 0. The van der Waals surface area contributed by atoms with Crippen LogP contribution < -0.4 is 0 Å². The lowest BCUT2D eigenvalue weighted by atomic mass is 9.83. The Bertz CT molecular complexity index is 1140. The molecule has 3 heterocycles. The predicted molar refractivity (Wildman–Crippen MR) is 117 cm³/mol. The largest absolute Gasteiger partial charge is 0.299 e. The number of halogens is 2. The normalized spacial score (nSPS) is 19.2. The van der Waals surface area contributed by atoms with Gasteiger partial charge < -0.3 is 0 Å². The summed E-state index contributed by atoms with van der Waals surface area (Å²) in [5, 5.41) is 5.36. The molecule has 2 aliphatic rings. The molecule has 1 saturated carbocycles. The number of ketones is 1. The number of alkyl halides is 2. The second-order valence-corrected chi connectivity index (χ2v) is 9.09. The molecule has 1 aliphatic carbocycles. The van der Waals surface area contributed by atoms with Crippen molar-refractivity contribution in [3.63, 3.8) is 0 Å². The van der Waals surface area contributed by atoms with E-state index in [-0.39, 0.29) is 43.8 Å². The van der Waals surface area contributed by atoms with Gasteiger partial charge in [0.25, 0.3) is 0 Å². The van der Waals surface area contributed by atoms with Crippen molar-refractivity contribution in [2.75, 3.05) is 13.1 Å². The molecule has 2 fully saturated rings. The van der Waals surface area contributed by atoms with Crippen molar-refractivity contribution in [2.45, 2.75) is 51.0 Å². The second-order valence-electron chi connectivity index (χ2n) is 9.09. The highest BCUT2D eigenvalue weighted by Gasteiger charge is 2.37. The van der Waals surface area contributed by atoms with E-state index >= 15 is 0 Å². The topological polar surface area (TPSA) is 63.9 Å². The van der Waals surface area contributed by atoms with Crippen LogP contribution in [0.5, 0.6) is 0 Å². The molecule has 0 N–H and O–H groups in total. The lowest BCUT2D eigenvalue weighted by Crippen LogP contribution is -2.37. The summed E-state index contributed by atoms with van der Waals surface area (Å²) in [5.74, 6) is -2.54. The number of carbonyl (C=O) groups is 1. The van der Waals surface area contributed by atoms with Gasteiger partial charge in [0.1, 0.15) is 11.6 Å². The van der Waals surface area contributed by atoms with Crippen LogP contribution in [0.25, 0.3) is 22.0 Å². The molecule has 6 nitrogen and oxygen atoms in total. The number of nitrogens with zero attached hydrogens (tertiary/aromatic N) is 5. The van der Waals surface area contributed by atoms with Gasteiger partial charge in [-0.3, -0.25) is 14.4 Å². The number of hydrogen-bond acceptors (Lipinski definition) is 5. The van der Waals surface area contributed by atoms with Crippen LogP contribution in [0.1, 0.15) is 43.6 Å². The Hall–Kier alpha value is -2.74. The maximum Gasteiger partial charge on any atom is 0.248 e. The van der Waals surface area contributed by atoms with Gasteiger partial charge in [-0.15, -0.1) is 0 Å². The molecule has 0 unspecified atom stereocenters. The average molecular weight is 440 g/mol. The van der Waals surface area contributed by atoms with Crippen LogP contribution in [0.15, 0.2) is 30.6 Å². The van der Waals surface area contributed by atoms with Crippen LogP contribution in [0, 0.1) is 5.92 Å². The minimum Gasteiger partial charge on any atom is -0.299 e. The highest BCUT2D eigenvalue weighted by molar-refractivity contribution is 5.86. The number of Topliss-reactive ketones (excluding diaryl/α,β-unsaturated/α-hetero) is 1. The van der Waals surface area contributed by atoms with Gasteiger partial charge in [-0.05, 0) is 44.0 Å². The fraction of sp³-hybridized carbons (Fsp3) is 0.500. The lowest BCUT2D eigenvalue weighted by molar-refractivity contribution is -0.126. The summed E-state index contributed by atoms with van der Waals surface area (Å²) >= 11 is 0. The zero-order valence-corrected chi connectivity index (χ0v) is 18.2. The third kappa shape index (κ3) is 4.28. The molecule has 2 aromatic heterocycles. The minimum absolute atomic E-state index is 0.0416. The molecule has 8 heteroatoms. The summed E-state index contributed by atoms with van der Waals surface area (Å²) < 4.78 is 28.7. The van der Waals surface area contributed by atoms with Crippen LogP contribution in [0.2, 0.25) is 0 Å². The summed E-state index contributed by atoms with van der Waals surface area (Å²) in [6.07, 6.45) is 5.00. The number of fused-ring (bicyclic) bond motifs is 1. The van der Waals surface area contributed by atoms with E-state index < -0.39 is 5.92 Å². The van der Waals surface area contributed by atoms with Gasteiger partial charge in [-0.1, -0.05) is 12.1 Å². The first-order chi connectivity index (χ1) is 15.4. The van der Waals surface area contributed by atoms with Crippen molar-refractivity contribution >= 4 is 16.7 Å². The molecule has 168 valence electrons. The molecule has 1 aliphatic heterocycles. The zero-order valence-electron chi connectivity index (χ0n) is 18.2. The molecular weight excluding hydrogens is 412 g/mol. The maximum atomic E-state index is 13.4. The van der Waals surface area contributed by atoms with Crippen LogP contribution in [-0.4, -0.2) is 49.4 Å². The molecule has 1 saturated heterocycles. The van der Waals surface area contributed by atoms with Crippen LogP contribution in [0.3, 0.4) is 0 Å². The van der Waals surface area contributed by atoms with E-state index in [1.54, 1.807) is 6.20 Å². The van der Waals surface area contributed by atoms with Gasteiger partial charge >= 0.3 is 0 Å².